The Morgan fingerprint density at radius 1 is 1.33 bits per heavy atom. The number of nitrogens with zero attached hydrogens (tertiary/aromatic N) is 1. The molecule has 2 atom stereocenters. The zero-order valence-corrected chi connectivity index (χ0v) is 11.1. The zero-order chi connectivity index (χ0) is 13.7. The van der Waals surface area contributed by atoms with Crippen molar-refractivity contribution in [2.75, 3.05) is 6.54 Å². The predicted octanol–water partition coefficient (Wildman–Crippen LogP) is 2.64. The largest absolute Gasteiger partial charge is 0.508 e. The number of benzene rings is 1. The van der Waals surface area contributed by atoms with Crippen molar-refractivity contribution in [3.63, 3.8) is 0 Å². The number of hydrogen-bond acceptors (Lipinski definition) is 3. The molecule has 100 valence electrons. The topological polar surface area (TPSA) is 60.8 Å². The van der Waals surface area contributed by atoms with Crippen molar-refractivity contribution in [1.29, 1.82) is 0 Å². The van der Waals surface area contributed by atoms with Crippen LogP contribution in [0.15, 0.2) is 24.3 Å². The quantitative estimate of drug-likeness (QED) is 0.816. The summed E-state index contributed by atoms with van der Waals surface area (Å²) in [6, 6.07) is 7.09. The summed E-state index contributed by atoms with van der Waals surface area (Å²) in [5, 5.41) is 18.8. The number of phenols is 1. The summed E-state index contributed by atoms with van der Waals surface area (Å²) < 4.78 is 0. The summed E-state index contributed by atoms with van der Waals surface area (Å²) in [7, 11) is 0. The van der Waals surface area contributed by atoms with Gasteiger partial charge in [0.2, 0.25) is 0 Å². The lowest BCUT2D eigenvalue weighted by atomic mass is 10.0. The number of rotatable bonds is 6. The molecule has 0 fully saturated rings. The second-order valence-electron chi connectivity index (χ2n) is 4.56. The molecular formula is C14H21NO3. The third kappa shape index (κ3) is 3.47. The summed E-state index contributed by atoms with van der Waals surface area (Å²) in [4.78, 5) is 12.8. The second kappa shape index (κ2) is 6.40. The molecule has 0 saturated heterocycles. The Balaban J connectivity index is 2.98. The molecule has 18 heavy (non-hydrogen) atoms. The van der Waals surface area contributed by atoms with Crippen LogP contribution in [0.5, 0.6) is 5.75 Å². The van der Waals surface area contributed by atoms with Gasteiger partial charge in [0.15, 0.2) is 0 Å². The van der Waals surface area contributed by atoms with Crippen LogP contribution in [0, 0.1) is 0 Å². The van der Waals surface area contributed by atoms with E-state index in [9.17, 15) is 9.90 Å². The highest BCUT2D eigenvalue weighted by atomic mass is 16.4. The first-order valence-electron chi connectivity index (χ1n) is 6.22. The van der Waals surface area contributed by atoms with Crippen molar-refractivity contribution in [2.45, 2.75) is 39.3 Å². The first-order chi connectivity index (χ1) is 8.47. The highest BCUT2D eigenvalue weighted by molar-refractivity contribution is 5.69. The molecule has 4 nitrogen and oxygen atoms in total. The van der Waals surface area contributed by atoms with E-state index in [2.05, 4.69) is 0 Å². The van der Waals surface area contributed by atoms with E-state index in [-0.39, 0.29) is 24.4 Å². The fourth-order valence-electron chi connectivity index (χ4n) is 2.08. The Bertz CT molecular complexity index is 406. The van der Waals surface area contributed by atoms with Gasteiger partial charge in [-0.2, -0.15) is 0 Å². The number of carbonyl (C=O) groups is 1. The molecular weight excluding hydrogens is 230 g/mol. The molecule has 2 N–H and O–H groups in total. The Morgan fingerprint density at radius 2 is 1.94 bits per heavy atom. The van der Waals surface area contributed by atoms with Crippen LogP contribution in [0.2, 0.25) is 0 Å². The number of para-hydroxylation sites is 1. The highest BCUT2D eigenvalue weighted by Crippen LogP contribution is 2.29. The molecule has 1 aromatic carbocycles. The predicted molar refractivity (Wildman–Crippen MR) is 70.6 cm³/mol. The lowest BCUT2D eigenvalue weighted by molar-refractivity contribution is -0.139. The van der Waals surface area contributed by atoms with E-state index in [0.717, 1.165) is 12.0 Å². The van der Waals surface area contributed by atoms with Gasteiger partial charge in [0.25, 0.3) is 0 Å². The number of aliphatic carboxylic acids is 1. The summed E-state index contributed by atoms with van der Waals surface area (Å²) >= 11 is 0. The Kier molecular flexibility index (Phi) is 5.16. The van der Waals surface area contributed by atoms with E-state index < -0.39 is 5.97 Å². The zero-order valence-electron chi connectivity index (χ0n) is 11.1. The molecule has 0 spiro atoms. The summed E-state index contributed by atoms with van der Waals surface area (Å²) in [5.41, 5.74) is 0.763. The monoisotopic (exact) mass is 251 g/mol. The number of phenolic OH excluding ortho intramolecular Hbond substituents is 1. The van der Waals surface area contributed by atoms with Crippen molar-refractivity contribution in [3.8, 4) is 5.75 Å². The van der Waals surface area contributed by atoms with E-state index >= 15 is 0 Å². The van der Waals surface area contributed by atoms with E-state index in [1.54, 1.807) is 12.1 Å². The number of aromatic hydroxyl groups is 1. The third-order valence-electron chi connectivity index (χ3n) is 3.36. The average molecular weight is 251 g/mol. The standard InChI is InChI=1S/C14H21NO3/c1-4-10(2)15(9-14(17)18)11(3)12-7-5-6-8-13(12)16/h5-8,10-11,16H,4,9H2,1-3H3,(H,17,18). The Labute approximate surface area is 108 Å². The van der Waals surface area contributed by atoms with Crippen LogP contribution in [-0.2, 0) is 4.79 Å². The smallest absolute Gasteiger partial charge is 0.317 e. The molecule has 0 aliphatic heterocycles. The molecule has 0 heterocycles. The van der Waals surface area contributed by atoms with Gasteiger partial charge in [0.1, 0.15) is 5.75 Å². The molecule has 2 unspecified atom stereocenters. The van der Waals surface area contributed by atoms with E-state index in [0.29, 0.717) is 0 Å². The van der Waals surface area contributed by atoms with Crippen LogP contribution in [-0.4, -0.2) is 33.7 Å². The van der Waals surface area contributed by atoms with Crippen LogP contribution in [0.1, 0.15) is 38.8 Å². The summed E-state index contributed by atoms with van der Waals surface area (Å²) in [5.74, 6) is -0.638. The fraction of sp³-hybridized carbons (Fsp3) is 0.500. The van der Waals surface area contributed by atoms with Gasteiger partial charge in [-0.05, 0) is 26.3 Å². The molecule has 0 amide bonds. The number of carboxylic acid groups (broad SMARTS) is 1. The van der Waals surface area contributed by atoms with Gasteiger partial charge in [0, 0.05) is 17.6 Å². The SMILES string of the molecule is CCC(C)N(CC(=O)O)C(C)c1ccccc1O. The minimum Gasteiger partial charge on any atom is -0.508 e. The van der Waals surface area contributed by atoms with Crippen LogP contribution in [0.4, 0.5) is 0 Å². The molecule has 1 aromatic rings. The molecule has 1 rings (SSSR count). The van der Waals surface area contributed by atoms with Gasteiger partial charge < -0.3 is 10.2 Å². The van der Waals surface area contributed by atoms with Crippen LogP contribution < -0.4 is 0 Å². The van der Waals surface area contributed by atoms with Gasteiger partial charge >= 0.3 is 5.97 Å². The molecule has 0 bridgehead atoms. The fourth-order valence-corrected chi connectivity index (χ4v) is 2.08. The average Bonchev–Trinajstić information content (AvgIpc) is 2.34. The Hall–Kier alpha value is -1.55. The van der Waals surface area contributed by atoms with Gasteiger partial charge in [-0.3, -0.25) is 9.69 Å². The minimum absolute atomic E-state index is 0.0233. The van der Waals surface area contributed by atoms with Crippen molar-refractivity contribution in [1.82, 2.24) is 4.90 Å². The van der Waals surface area contributed by atoms with Crippen molar-refractivity contribution >= 4 is 5.97 Å². The Morgan fingerprint density at radius 3 is 2.44 bits per heavy atom. The first kappa shape index (κ1) is 14.5. The van der Waals surface area contributed by atoms with Gasteiger partial charge in [-0.15, -0.1) is 0 Å². The maximum atomic E-state index is 10.9. The van der Waals surface area contributed by atoms with Gasteiger partial charge in [-0.1, -0.05) is 25.1 Å². The van der Waals surface area contributed by atoms with E-state index in [1.807, 2.05) is 37.8 Å². The molecule has 0 aromatic heterocycles. The van der Waals surface area contributed by atoms with Crippen molar-refractivity contribution < 1.29 is 15.0 Å². The lowest BCUT2D eigenvalue weighted by Crippen LogP contribution is -2.39. The van der Waals surface area contributed by atoms with Crippen LogP contribution >= 0.6 is 0 Å². The number of carboxylic acids is 1. The highest BCUT2D eigenvalue weighted by Gasteiger charge is 2.24. The summed E-state index contributed by atoms with van der Waals surface area (Å²) in [6.45, 7) is 5.92. The first-order valence-corrected chi connectivity index (χ1v) is 6.22. The molecule has 0 aliphatic carbocycles. The molecule has 0 saturated carbocycles. The maximum absolute atomic E-state index is 10.9. The van der Waals surface area contributed by atoms with Gasteiger partial charge in [0.05, 0.1) is 6.54 Å². The summed E-state index contributed by atoms with van der Waals surface area (Å²) in [6.07, 6.45) is 0.866. The maximum Gasteiger partial charge on any atom is 0.317 e. The molecule has 0 radical (unpaired) electrons. The second-order valence-corrected chi connectivity index (χ2v) is 4.56. The molecule has 4 heteroatoms. The normalized spacial score (nSPS) is 14.4. The molecule has 0 aliphatic rings. The van der Waals surface area contributed by atoms with Crippen molar-refractivity contribution in [3.05, 3.63) is 29.8 Å². The van der Waals surface area contributed by atoms with E-state index in [1.165, 1.54) is 0 Å². The number of hydrogen-bond donors (Lipinski definition) is 2. The lowest BCUT2D eigenvalue weighted by Gasteiger charge is -2.33. The minimum atomic E-state index is -0.849. The third-order valence-corrected chi connectivity index (χ3v) is 3.36. The van der Waals surface area contributed by atoms with Crippen molar-refractivity contribution in [2.24, 2.45) is 0 Å². The van der Waals surface area contributed by atoms with Crippen LogP contribution in [0.25, 0.3) is 0 Å². The van der Waals surface area contributed by atoms with E-state index in [4.69, 9.17) is 5.11 Å². The van der Waals surface area contributed by atoms with Gasteiger partial charge in [-0.25, -0.2) is 0 Å². The van der Waals surface area contributed by atoms with Crippen LogP contribution in [0.3, 0.4) is 0 Å².